The van der Waals surface area contributed by atoms with Gasteiger partial charge in [0.05, 0.1) is 11.6 Å². The zero-order valence-electron chi connectivity index (χ0n) is 14.0. The van der Waals surface area contributed by atoms with E-state index in [-0.39, 0.29) is 17.5 Å². The summed E-state index contributed by atoms with van der Waals surface area (Å²) in [5.41, 5.74) is 2.07. The van der Waals surface area contributed by atoms with Gasteiger partial charge >= 0.3 is 0 Å². The lowest BCUT2D eigenvalue weighted by atomic mass is 9.93. The molecule has 124 valence electrons. The molecule has 0 radical (unpaired) electrons. The van der Waals surface area contributed by atoms with Gasteiger partial charge in [0.15, 0.2) is 5.11 Å². The maximum atomic E-state index is 12.8. The van der Waals surface area contributed by atoms with Crippen LogP contribution in [0.5, 0.6) is 0 Å². The molecule has 1 atom stereocenters. The molecule has 0 aromatic heterocycles. The molecule has 0 bridgehead atoms. The number of nitrogens with one attached hydrogen (secondary N) is 2. The fraction of sp³-hybridized carbons (Fsp3) is 0.412. The second-order valence-electron chi connectivity index (χ2n) is 6.70. The number of nitrogens with zero attached hydrogens (tertiary/aromatic N) is 1. The van der Waals surface area contributed by atoms with E-state index in [1.807, 2.05) is 63.9 Å². The van der Waals surface area contributed by atoms with Gasteiger partial charge in [-0.2, -0.15) is 0 Å². The summed E-state index contributed by atoms with van der Waals surface area (Å²) in [6.07, 6.45) is 0. The summed E-state index contributed by atoms with van der Waals surface area (Å²) in [5.74, 6) is -0.109. The SMILES string of the molecule is CC1=C(C(=O)NC(C)(C)C)C(c2cccc(Cl)c2)NC(=S)N1C. The Balaban J connectivity index is 2.50. The fourth-order valence-corrected chi connectivity index (χ4v) is 2.93. The molecule has 1 aromatic carbocycles. The van der Waals surface area contributed by atoms with Crippen LogP contribution in [0.4, 0.5) is 0 Å². The quantitative estimate of drug-likeness (QED) is 0.802. The number of carbonyl (C=O) groups is 1. The molecule has 6 heteroatoms. The van der Waals surface area contributed by atoms with E-state index in [2.05, 4.69) is 10.6 Å². The first-order valence-corrected chi connectivity index (χ1v) is 8.22. The minimum Gasteiger partial charge on any atom is -0.351 e. The first-order valence-electron chi connectivity index (χ1n) is 7.43. The minimum atomic E-state index is -0.320. The van der Waals surface area contributed by atoms with Crippen LogP contribution in [0.15, 0.2) is 35.5 Å². The number of rotatable bonds is 2. The van der Waals surface area contributed by atoms with Crippen LogP contribution < -0.4 is 10.6 Å². The maximum Gasteiger partial charge on any atom is 0.251 e. The summed E-state index contributed by atoms with van der Waals surface area (Å²) in [7, 11) is 1.85. The average Bonchev–Trinajstić information content (AvgIpc) is 2.42. The van der Waals surface area contributed by atoms with Gasteiger partial charge < -0.3 is 15.5 Å². The molecule has 2 N–H and O–H groups in total. The van der Waals surface area contributed by atoms with Crippen molar-refractivity contribution < 1.29 is 4.79 Å². The zero-order valence-corrected chi connectivity index (χ0v) is 15.6. The molecule has 1 aliphatic rings. The lowest BCUT2D eigenvalue weighted by Gasteiger charge is -2.36. The van der Waals surface area contributed by atoms with Crippen molar-refractivity contribution >= 4 is 34.8 Å². The Bertz CT molecular complexity index is 679. The molecule has 1 amide bonds. The molecule has 0 aliphatic carbocycles. The molecule has 1 unspecified atom stereocenters. The van der Waals surface area contributed by atoms with Crippen LogP contribution in [0.1, 0.15) is 39.3 Å². The van der Waals surface area contributed by atoms with Gasteiger partial charge in [-0.25, -0.2) is 0 Å². The monoisotopic (exact) mass is 351 g/mol. The molecule has 1 aliphatic heterocycles. The average molecular weight is 352 g/mol. The lowest BCUT2D eigenvalue weighted by molar-refractivity contribution is -0.119. The molecular weight excluding hydrogens is 330 g/mol. The highest BCUT2D eigenvalue weighted by Gasteiger charge is 2.33. The van der Waals surface area contributed by atoms with Crippen molar-refractivity contribution in [2.75, 3.05) is 7.05 Å². The number of carbonyl (C=O) groups excluding carboxylic acids is 1. The molecule has 1 heterocycles. The molecular formula is C17H22ClN3OS. The largest absolute Gasteiger partial charge is 0.351 e. The van der Waals surface area contributed by atoms with Crippen LogP contribution in [0.25, 0.3) is 0 Å². The summed E-state index contributed by atoms with van der Waals surface area (Å²) in [6.45, 7) is 7.78. The van der Waals surface area contributed by atoms with Gasteiger partial charge in [-0.15, -0.1) is 0 Å². The third kappa shape index (κ3) is 4.03. The summed E-state index contributed by atoms with van der Waals surface area (Å²) < 4.78 is 0. The van der Waals surface area contributed by atoms with Gasteiger partial charge in [0.25, 0.3) is 5.91 Å². The topological polar surface area (TPSA) is 44.4 Å². The summed E-state index contributed by atoms with van der Waals surface area (Å²) >= 11 is 11.5. The Morgan fingerprint density at radius 2 is 2.04 bits per heavy atom. The summed E-state index contributed by atoms with van der Waals surface area (Å²) in [5, 5.41) is 7.48. The number of hydrogen-bond donors (Lipinski definition) is 2. The van der Waals surface area contributed by atoms with E-state index < -0.39 is 0 Å². The van der Waals surface area contributed by atoms with Gasteiger partial charge in [0, 0.05) is 23.3 Å². The Morgan fingerprint density at radius 3 is 2.61 bits per heavy atom. The maximum absolute atomic E-state index is 12.8. The Kier molecular flexibility index (Phi) is 5.01. The van der Waals surface area contributed by atoms with E-state index in [1.165, 1.54) is 0 Å². The van der Waals surface area contributed by atoms with Crippen molar-refractivity contribution in [2.45, 2.75) is 39.3 Å². The molecule has 0 saturated carbocycles. The Labute approximate surface area is 147 Å². The summed E-state index contributed by atoms with van der Waals surface area (Å²) in [4.78, 5) is 14.6. The van der Waals surface area contributed by atoms with Gasteiger partial charge in [-0.05, 0) is 57.6 Å². The zero-order chi connectivity index (χ0) is 17.4. The van der Waals surface area contributed by atoms with Crippen molar-refractivity contribution in [3.8, 4) is 0 Å². The second kappa shape index (κ2) is 6.49. The highest BCUT2D eigenvalue weighted by atomic mass is 35.5. The normalized spacial score (nSPS) is 18.8. The van der Waals surface area contributed by atoms with Crippen molar-refractivity contribution in [1.82, 2.24) is 15.5 Å². The highest BCUT2D eigenvalue weighted by molar-refractivity contribution is 7.80. The van der Waals surface area contributed by atoms with E-state index >= 15 is 0 Å². The Morgan fingerprint density at radius 1 is 1.39 bits per heavy atom. The molecule has 2 rings (SSSR count). The Hall–Kier alpha value is -1.59. The van der Waals surface area contributed by atoms with Crippen molar-refractivity contribution in [3.63, 3.8) is 0 Å². The van der Waals surface area contributed by atoms with Crippen LogP contribution in [-0.4, -0.2) is 28.5 Å². The number of benzene rings is 1. The van der Waals surface area contributed by atoms with Crippen molar-refractivity contribution in [1.29, 1.82) is 0 Å². The van der Waals surface area contributed by atoms with Crippen LogP contribution in [0, 0.1) is 0 Å². The third-order valence-corrected chi connectivity index (χ3v) is 4.30. The highest BCUT2D eigenvalue weighted by Crippen LogP contribution is 2.31. The molecule has 0 fully saturated rings. The second-order valence-corrected chi connectivity index (χ2v) is 7.52. The van der Waals surface area contributed by atoms with Gasteiger partial charge in [-0.1, -0.05) is 23.7 Å². The number of amides is 1. The summed E-state index contributed by atoms with van der Waals surface area (Å²) in [6, 6.07) is 7.15. The molecule has 0 spiro atoms. The minimum absolute atomic E-state index is 0.109. The number of thiocarbonyl (C=S) groups is 1. The van der Waals surface area contributed by atoms with E-state index in [0.717, 1.165) is 11.3 Å². The number of hydrogen-bond acceptors (Lipinski definition) is 2. The third-order valence-electron chi connectivity index (χ3n) is 3.67. The van der Waals surface area contributed by atoms with Gasteiger partial charge in [0.1, 0.15) is 0 Å². The number of allylic oxidation sites excluding steroid dienone is 1. The van der Waals surface area contributed by atoms with E-state index in [1.54, 1.807) is 0 Å². The predicted octanol–water partition coefficient (Wildman–Crippen LogP) is 3.39. The number of halogens is 1. The van der Waals surface area contributed by atoms with E-state index in [4.69, 9.17) is 23.8 Å². The van der Waals surface area contributed by atoms with Crippen molar-refractivity contribution in [3.05, 3.63) is 46.1 Å². The van der Waals surface area contributed by atoms with Crippen LogP contribution >= 0.6 is 23.8 Å². The van der Waals surface area contributed by atoms with Crippen molar-refractivity contribution in [2.24, 2.45) is 0 Å². The first-order chi connectivity index (χ1) is 10.6. The van der Waals surface area contributed by atoms with Crippen LogP contribution in [-0.2, 0) is 4.79 Å². The standard InChI is InChI=1S/C17H22ClN3OS/c1-10-13(15(22)20-17(2,3)4)14(19-16(23)21(10)5)11-7-6-8-12(18)9-11/h6-9,14H,1-5H3,(H,19,23)(H,20,22). The van der Waals surface area contributed by atoms with Crippen LogP contribution in [0.3, 0.4) is 0 Å². The van der Waals surface area contributed by atoms with E-state index in [9.17, 15) is 4.79 Å². The smallest absolute Gasteiger partial charge is 0.251 e. The van der Waals surface area contributed by atoms with E-state index in [0.29, 0.717) is 15.7 Å². The lowest BCUT2D eigenvalue weighted by Crippen LogP contribution is -2.50. The molecule has 0 saturated heterocycles. The van der Waals surface area contributed by atoms with Crippen LogP contribution in [0.2, 0.25) is 5.02 Å². The molecule has 4 nitrogen and oxygen atoms in total. The fourth-order valence-electron chi connectivity index (χ4n) is 2.47. The predicted molar refractivity (Wildman–Crippen MR) is 98.3 cm³/mol. The molecule has 1 aromatic rings. The first kappa shape index (κ1) is 17.8. The van der Waals surface area contributed by atoms with Gasteiger partial charge in [0.2, 0.25) is 0 Å². The van der Waals surface area contributed by atoms with Gasteiger partial charge in [-0.3, -0.25) is 4.79 Å². The molecule has 23 heavy (non-hydrogen) atoms.